The third kappa shape index (κ3) is 6.97. The summed E-state index contributed by atoms with van der Waals surface area (Å²) in [7, 11) is -3.77. The normalized spacial score (nSPS) is 11.0. The lowest BCUT2D eigenvalue weighted by Gasteiger charge is -2.11. The minimum Gasteiger partial charge on any atom is -0.494 e. The van der Waals surface area contributed by atoms with Gasteiger partial charge in [-0.25, -0.2) is 8.42 Å². The summed E-state index contributed by atoms with van der Waals surface area (Å²) in [5.41, 5.74) is 2.04. The average Bonchev–Trinajstić information content (AvgIpc) is 2.80. The summed E-state index contributed by atoms with van der Waals surface area (Å²) in [6, 6.07) is 18.3. The van der Waals surface area contributed by atoms with E-state index in [-0.39, 0.29) is 17.4 Å². The summed E-state index contributed by atoms with van der Waals surface area (Å²) >= 11 is 3.44. The third-order valence-corrected chi connectivity index (χ3v) is 6.65. The van der Waals surface area contributed by atoms with Crippen molar-refractivity contribution in [1.29, 1.82) is 0 Å². The number of amides is 1. The van der Waals surface area contributed by atoms with Crippen LogP contribution in [0.1, 0.15) is 19.4 Å². The molecule has 0 bridgehead atoms. The second kappa shape index (κ2) is 11.2. The van der Waals surface area contributed by atoms with E-state index in [1.807, 2.05) is 25.1 Å². The topological polar surface area (TPSA) is 93.7 Å². The van der Waals surface area contributed by atoms with Crippen LogP contribution in [0.4, 0.5) is 11.4 Å². The molecule has 0 saturated carbocycles. The first-order chi connectivity index (χ1) is 15.8. The molecule has 1 amide bonds. The third-order valence-electron chi connectivity index (χ3n) is 4.63. The van der Waals surface area contributed by atoms with Gasteiger partial charge in [0.1, 0.15) is 11.5 Å². The number of benzene rings is 3. The smallest absolute Gasteiger partial charge is 0.262 e. The summed E-state index contributed by atoms with van der Waals surface area (Å²) in [4.78, 5) is 12.3. The van der Waals surface area contributed by atoms with Crippen LogP contribution >= 0.6 is 15.9 Å². The highest BCUT2D eigenvalue weighted by atomic mass is 79.9. The summed E-state index contributed by atoms with van der Waals surface area (Å²) < 4.78 is 39.5. The number of carbonyl (C=O) groups excluding carboxylic acids is 1. The molecule has 0 radical (unpaired) electrons. The van der Waals surface area contributed by atoms with Crippen molar-refractivity contribution < 1.29 is 22.7 Å². The van der Waals surface area contributed by atoms with E-state index in [2.05, 4.69) is 32.9 Å². The van der Waals surface area contributed by atoms with Gasteiger partial charge >= 0.3 is 0 Å². The maximum absolute atomic E-state index is 12.6. The zero-order chi connectivity index (χ0) is 23.8. The largest absolute Gasteiger partial charge is 0.494 e. The van der Waals surface area contributed by atoms with Gasteiger partial charge < -0.3 is 14.8 Å². The van der Waals surface area contributed by atoms with Gasteiger partial charge in [0.05, 0.1) is 16.0 Å². The maximum atomic E-state index is 12.6. The Balaban J connectivity index is 1.57. The first-order valence-corrected chi connectivity index (χ1v) is 12.6. The number of nitrogens with one attached hydrogen (secondary N) is 2. The van der Waals surface area contributed by atoms with Crippen molar-refractivity contribution in [1.82, 2.24) is 0 Å². The predicted molar refractivity (Wildman–Crippen MR) is 133 cm³/mol. The fraction of sp³-hybridized carbons (Fsp3) is 0.208. The lowest BCUT2D eigenvalue weighted by atomic mass is 10.2. The van der Waals surface area contributed by atoms with Crippen molar-refractivity contribution in [3.05, 3.63) is 76.8 Å². The van der Waals surface area contributed by atoms with Crippen LogP contribution in [0.25, 0.3) is 0 Å². The zero-order valence-electron chi connectivity index (χ0n) is 18.3. The van der Waals surface area contributed by atoms with Crippen LogP contribution in [0.5, 0.6) is 11.5 Å². The summed E-state index contributed by atoms with van der Waals surface area (Å²) in [5.74, 6) is 0.878. The maximum Gasteiger partial charge on any atom is 0.262 e. The number of halogens is 1. The number of hydrogen-bond donors (Lipinski definition) is 2. The number of sulfonamides is 1. The molecule has 9 heteroatoms. The molecule has 0 spiro atoms. The molecule has 0 aliphatic heterocycles. The van der Waals surface area contributed by atoms with E-state index < -0.39 is 10.0 Å². The molecule has 33 heavy (non-hydrogen) atoms. The van der Waals surface area contributed by atoms with Crippen molar-refractivity contribution >= 4 is 43.2 Å². The number of hydrogen-bond acceptors (Lipinski definition) is 5. The number of anilines is 2. The van der Waals surface area contributed by atoms with E-state index in [1.54, 1.807) is 24.3 Å². The highest BCUT2D eigenvalue weighted by Crippen LogP contribution is 2.26. The average molecular weight is 533 g/mol. The van der Waals surface area contributed by atoms with E-state index >= 15 is 0 Å². The first kappa shape index (κ1) is 24.6. The Hall–Kier alpha value is -3.04. The molecule has 0 heterocycles. The standard InChI is InChI=1S/C24H25BrN2O5S/c1-3-17-5-14-23(22(25)15-17)32-16-24(28)26-18-8-12-21(13-9-18)33(29,30)27-19-6-10-20(11-7-19)31-4-2/h5-15,27H,3-4,16H2,1-2H3,(H,26,28). The van der Waals surface area contributed by atoms with Gasteiger partial charge in [0.15, 0.2) is 6.61 Å². The molecule has 0 saturated heterocycles. The van der Waals surface area contributed by atoms with Crippen LogP contribution in [0.2, 0.25) is 0 Å². The van der Waals surface area contributed by atoms with Gasteiger partial charge in [-0.05, 0) is 95.5 Å². The SMILES string of the molecule is CCOc1ccc(NS(=O)(=O)c2ccc(NC(=O)COc3ccc(CC)cc3Br)cc2)cc1. The van der Waals surface area contributed by atoms with Crippen molar-refractivity contribution in [2.75, 3.05) is 23.3 Å². The monoisotopic (exact) mass is 532 g/mol. The second-order valence-corrected chi connectivity index (χ2v) is 9.58. The molecule has 0 aromatic heterocycles. The lowest BCUT2D eigenvalue weighted by molar-refractivity contribution is -0.118. The van der Waals surface area contributed by atoms with Crippen LogP contribution in [-0.4, -0.2) is 27.5 Å². The number of ether oxygens (including phenoxy) is 2. The molecule has 0 aliphatic rings. The van der Waals surface area contributed by atoms with Crippen molar-refractivity contribution in [3.63, 3.8) is 0 Å². The Labute approximate surface area is 202 Å². The van der Waals surface area contributed by atoms with Crippen LogP contribution in [0, 0.1) is 0 Å². The molecule has 3 rings (SSSR count). The Bertz CT molecular complexity index is 1200. The molecule has 2 N–H and O–H groups in total. The minimum atomic E-state index is -3.77. The van der Waals surface area contributed by atoms with Gasteiger partial charge in [-0.3, -0.25) is 9.52 Å². The highest BCUT2D eigenvalue weighted by molar-refractivity contribution is 9.10. The molecule has 7 nitrogen and oxygen atoms in total. The van der Waals surface area contributed by atoms with E-state index in [9.17, 15) is 13.2 Å². The molecule has 0 aliphatic carbocycles. The first-order valence-electron chi connectivity index (χ1n) is 10.4. The highest BCUT2D eigenvalue weighted by Gasteiger charge is 2.15. The number of rotatable bonds is 10. The molecule has 3 aromatic carbocycles. The zero-order valence-corrected chi connectivity index (χ0v) is 20.7. The minimum absolute atomic E-state index is 0.0746. The molecule has 174 valence electrons. The Morgan fingerprint density at radius 2 is 1.58 bits per heavy atom. The van der Waals surface area contributed by atoms with Gasteiger partial charge in [-0.2, -0.15) is 0 Å². The van der Waals surface area contributed by atoms with Crippen molar-refractivity contribution in [3.8, 4) is 11.5 Å². The molecular weight excluding hydrogens is 508 g/mol. The summed E-state index contributed by atoms with van der Waals surface area (Å²) in [6.45, 7) is 4.29. The van der Waals surface area contributed by atoms with E-state index in [1.165, 1.54) is 24.3 Å². The van der Waals surface area contributed by atoms with Crippen LogP contribution in [0.15, 0.2) is 76.1 Å². The fourth-order valence-electron chi connectivity index (χ4n) is 2.94. The van der Waals surface area contributed by atoms with E-state index in [4.69, 9.17) is 9.47 Å². The quantitative estimate of drug-likeness (QED) is 0.373. The van der Waals surface area contributed by atoms with Gasteiger partial charge in [-0.15, -0.1) is 0 Å². The molecule has 0 fully saturated rings. The lowest BCUT2D eigenvalue weighted by Crippen LogP contribution is -2.20. The Morgan fingerprint density at radius 3 is 2.18 bits per heavy atom. The second-order valence-electron chi connectivity index (χ2n) is 7.04. The Kier molecular flexibility index (Phi) is 8.35. The van der Waals surface area contributed by atoms with Crippen LogP contribution < -0.4 is 19.5 Å². The summed E-state index contributed by atoms with van der Waals surface area (Å²) in [6.07, 6.45) is 0.904. The number of aryl methyl sites for hydroxylation is 1. The van der Waals surface area contributed by atoms with E-state index in [0.29, 0.717) is 29.5 Å². The number of carbonyl (C=O) groups is 1. The van der Waals surface area contributed by atoms with Crippen LogP contribution in [0.3, 0.4) is 0 Å². The summed E-state index contributed by atoms with van der Waals surface area (Å²) in [5, 5.41) is 2.69. The molecular formula is C24H25BrN2O5S. The van der Waals surface area contributed by atoms with Gasteiger partial charge in [0, 0.05) is 11.4 Å². The molecule has 3 aromatic rings. The molecule has 0 unspecified atom stereocenters. The van der Waals surface area contributed by atoms with E-state index in [0.717, 1.165) is 16.5 Å². The van der Waals surface area contributed by atoms with Gasteiger partial charge in [0.25, 0.3) is 15.9 Å². The van der Waals surface area contributed by atoms with Gasteiger partial charge in [0.2, 0.25) is 0 Å². The van der Waals surface area contributed by atoms with Crippen molar-refractivity contribution in [2.24, 2.45) is 0 Å². The fourth-order valence-corrected chi connectivity index (χ4v) is 4.54. The van der Waals surface area contributed by atoms with Gasteiger partial charge in [-0.1, -0.05) is 13.0 Å². The Morgan fingerprint density at radius 1 is 0.909 bits per heavy atom. The van der Waals surface area contributed by atoms with Crippen LogP contribution in [-0.2, 0) is 21.2 Å². The molecule has 0 atom stereocenters. The predicted octanol–water partition coefficient (Wildman–Crippen LogP) is 5.23. The van der Waals surface area contributed by atoms with Crippen molar-refractivity contribution in [2.45, 2.75) is 25.2 Å².